The van der Waals surface area contributed by atoms with Gasteiger partial charge in [-0.2, -0.15) is 0 Å². The fourth-order valence-corrected chi connectivity index (χ4v) is 2.04. The van der Waals surface area contributed by atoms with E-state index in [4.69, 9.17) is 22.1 Å². The van der Waals surface area contributed by atoms with Crippen LogP contribution >= 0.6 is 11.6 Å². The molecule has 0 atom stereocenters. The van der Waals surface area contributed by atoms with Gasteiger partial charge in [-0.1, -0.05) is 25.4 Å². The molecule has 120 valence electrons. The molecule has 5 nitrogen and oxygen atoms in total. The standard InChI is InChI=1S/C14H22ClN3O2.ClH/c1-4-18(5-2)7-6-17-14(19)10-8-11(15)12(16)9-13(10)20-3;/h8-9H,4-7,16H2,1-3H3,(H,17,19);1H/p-1. The first-order valence-electron chi connectivity index (χ1n) is 6.67. The first-order chi connectivity index (χ1) is 9.53. The van der Waals surface area contributed by atoms with E-state index < -0.39 is 0 Å². The number of methoxy groups -OCH3 is 1. The fraction of sp³-hybridized carbons (Fsp3) is 0.500. The number of nitrogens with two attached hydrogens (primary N) is 1. The number of hydrogen-bond acceptors (Lipinski definition) is 4. The van der Waals surface area contributed by atoms with Crippen molar-refractivity contribution in [2.45, 2.75) is 13.8 Å². The fourth-order valence-electron chi connectivity index (χ4n) is 1.88. The molecule has 0 aliphatic carbocycles. The van der Waals surface area contributed by atoms with E-state index in [9.17, 15) is 4.79 Å². The molecule has 0 fully saturated rings. The molecule has 1 aromatic rings. The van der Waals surface area contributed by atoms with Crippen molar-refractivity contribution in [3.63, 3.8) is 0 Å². The molecule has 0 heterocycles. The van der Waals surface area contributed by atoms with Crippen LogP contribution in [-0.4, -0.2) is 44.1 Å². The van der Waals surface area contributed by atoms with Gasteiger partial charge in [0.25, 0.3) is 5.91 Å². The Morgan fingerprint density at radius 2 is 2.00 bits per heavy atom. The van der Waals surface area contributed by atoms with E-state index in [-0.39, 0.29) is 18.3 Å². The number of ether oxygens (including phenoxy) is 1. The third-order valence-electron chi connectivity index (χ3n) is 3.17. The molecule has 1 aromatic carbocycles. The minimum absolute atomic E-state index is 0. The van der Waals surface area contributed by atoms with E-state index in [0.29, 0.717) is 28.6 Å². The Labute approximate surface area is 137 Å². The maximum absolute atomic E-state index is 12.1. The second-order valence-corrected chi connectivity index (χ2v) is 4.76. The molecular weight excluding hydrogens is 313 g/mol. The Morgan fingerprint density at radius 3 is 2.52 bits per heavy atom. The summed E-state index contributed by atoms with van der Waals surface area (Å²) in [4.78, 5) is 14.4. The van der Waals surface area contributed by atoms with Gasteiger partial charge >= 0.3 is 0 Å². The van der Waals surface area contributed by atoms with Crippen LogP contribution in [0.15, 0.2) is 12.1 Å². The minimum atomic E-state index is -0.212. The lowest BCUT2D eigenvalue weighted by Gasteiger charge is -2.18. The highest BCUT2D eigenvalue weighted by Crippen LogP contribution is 2.28. The number of likely N-dealkylation sites (N-methyl/N-ethyl adjacent to an activating group) is 1. The molecule has 21 heavy (non-hydrogen) atoms. The van der Waals surface area contributed by atoms with Crippen LogP contribution in [0.2, 0.25) is 5.02 Å². The summed E-state index contributed by atoms with van der Waals surface area (Å²) >= 11 is 5.95. The van der Waals surface area contributed by atoms with Crippen molar-refractivity contribution in [1.29, 1.82) is 0 Å². The Balaban J connectivity index is 0.00000400. The molecule has 0 unspecified atom stereocenters. The smallest absolute Gasteiger partial charge is 0.255 e. The van der Waals surface area contributed by atoms with E-state index in [2.05, 4.69) is 24.1 Å². The summed E-state index contributed by atoms with van der Waals surface area (Å²) in [6.45, 7) is 7.49. The number of amides is 1. The molecule has 1 amide bonds. The minimum Gasteiger partial charge on any atom is -1.00 e. The summed E-state index contributed by atoms with van der Waals surface area (Å²) in [5.41, 5.74) is 6.48. The summed E-state index contributed by atoms with van der Waals surface area (Å²) in [5.74, 6) is 0.211. The number of nitrogens with zero attached hydrogens (tertiary/aromatic N) is 1. The maximum Gasteiger partial charge on any atom is 0.255 e. The summed E-state index contributed by atoms with van der Waals surface area (Å²) in [5, 5.41) is 3.21. The second-order valence-electron chi connectivity index (χ2n) is 4.36. The molecule has 0 aliphatic rings. The van der Waals surface area contributed by atoms with Crippen LogP contribution in [0.4, 0.5) is 5.69 Å². The Hall–Kier alpha value is -1.17. The number of nitrogens with one attached hydrogen (secondary N) is 1. The first-order valence-corrected chi connectivity index (χ1v) is 7.04. The van der Waals surface area contributed by atoms with E-state index in [1.54, 1.807) is 6.07 Å². The van der Waals surface area contributed by atoms with Gasteiger partial charge < -0.3 is 33.1 Å². The monoisotopic (exact) mass is 334 g/mol. The van der Waals surface area contributed by atoms with Gasteiger partial charge in [0.1, 0.15) is 5.75 Å². The van der Waals surface area contributed by atoms with Crippen molar-refractivity contribution in [2.75, 3.05) is 39.0 Å². The molecule has 0 aliphatic heterocycles. The summed E-state index contributed by atoms with van der Waals surface area (Å²) in [7, 11) is 1.50. The Bertz CT molecular complexity index is 466. The van der Waals surface area contributed by atoms with Crippen molar-refractivity contribution in [2.24, 2.45) is 0 Å². The Morgan fingerprint density at radius 1 is 1.38 bits per heavy atom. The number of halogens is 2. The van der Waals surface area contributed by atoms with Crippen molar-refractivity contribution < 1.29 is 21.9 Å². The van der Waals surface area contributed by atoms with Gasteiger partial charge in [-0.25, -0.2) is 0 Å². The maximum atomic E-state index is 12.1. The predicted octanol–water partition coefficient (Wildman–Crippen LogP) is -0.994. The molecule has 0 bridgehead atoms. The van der Waals surface area contributed by atoms with Crippen molar-refractivity contribution >= 4 is 23.2 Å². The normalized spacial score (nSPS) is 10.1. The zero-order valence-corrected chi connectivity index (χ0v) is 14.1. The highest BCUT2D eigenvalue weighted by Gasteiger charge is 2.14. The number of rotatable bonds is 7. The number of nitrogen functional groups attached to an aromatic ring is 1. The SMILES string of the molecule is CCN(CC)CCNC(=O)c1cc(Cl)c(N)cc1OC.[Cl-]. The van der Waals surface area contributed by atoms with Crippen LogP contribution in [0.3, 0.4) is 0 Å². The van der Waals surface area contributed by atoms with Gasteiger partial charge in [0.2, 0.25) is 0 Å². The third-order valence-corrected chi connectivity index (χ3v) is 3.50. The van der Waals surface area contributed by atoms with Crippen LogP contribution in [0, 0.1) is 0 Å². The summed E-state index contributed by atoms with van der Waals surface area (Å²) in [6.07, 6.45) is 0. The second kappa shape index (κ2) is 9.71. The van der Waals surface area contributed by atoms with Crippen LogP contribution in [0.25, 0.3) is 0 Å². The lowest BCUT2D eigenvalue weighted by atomic mass is 10.1. The molecular formula is C14H22Cl2N3O2-. The Kier molecular flexibility index (Phi) is 9.17. The highest BCUT2D eigenvalue weighted by atomic mass is 35.5. The average molecular weight is 335 g/mol. The lowest BCUT2D eigenvalue weighted by molar-refractivity contribution is -0.0000131. The molecule has 0 radical (unpaired) electrons. The van der Waals surface area contributed by atoms with Gasteiger partial charge in [0.15, 0.2) is 0 Å². The zero-order valence-electron chi connectivity index (χ0n) is 12.6. The van der Waals surface area contributed by atoms with Gasteiger partial charge in [0, 0.05) is 19.2 Å². The molecule has 7 heteroatoms. The number of benzene rings is 1. The third kappa shape index (κ3) is 5.61. The van der Waals surface area contributed by atoms with E-state index in [0.717, 1.165) is 19.6 Å². The van der Waals surface area contributed by atoms with Gasteiger partial charge in [-0.3, -0.25) is 4.79 Å². The van der Waals surface area contributed by atoms with Crippen LogP contribution in [0.1, 0.15) is 24.2 Å². The van der Waals surface area contributed by atoms with Crippen molar-refractivity contribution in [1.82, 2.24) is 10.2 Å². The predicted molar refractivity (Wildman–Crippen MR) is 82.5 cm³/mol. The van der Waals surface area contributed by atoms with Crippen LogP contribution < -0.4 is 28.2 Å². The number of carbonyl (C=O) groups excluding carboxylic acids is 1. The summed E-state index contributed by atoms with van der Waals surface area (Å²) in [6, 6.07) is 3.09. The van der Waals surface area contributed by atoms with Crippen LogP contribution in [0.5, 0.6) is 5.75 Å². The summed E-state index contributed by atoms with van der Waals surface area (Å²) < 4.78 is 5.16. The molecule has 0 saturated carbocycles. The number of anilines is 1. The van der Waals surface area contributed by atoms with Gasteiger partial charge in [-0.05, 0) is 19.2 Å². The quantitative estimate of drug-likeness (QED) is 0.628. The largest absolute Gasteiger partial charge is 1.00 e. The zero-order chi connectivity index (χ0) is 15.1. The van der Waals surface area contributed by atoms with Crippen molar-refractivity contribution in [3.05, 3.63) is 22.7 Å². The molecule has 0 spiro atoms. The van der Waals surface area contributed by atoms with E-state index >= 15 is 0 Å². The molecule has 0 aromatic heterocycles. The molecule has 1 rings (SSSR count). The van der Waals surface area contributed by atoms with Crippen molar-refractivity contribution in [3.8, 4) is 5.75 Å². The van der Waals surface area contributed by atoms with Gasteiger partial charge in [-0.15, -0.1) is 0 Å². The molecule has 3 N–H and O–H groups in total. The van der Waals surface area contributed by atoms with Gasteiger partial charge in [0.05, 0.1) is 23.4 Å². The lowest BCUT2D eigenvalue weighted by Crippen LogP contribution is -3.00. The van der Waals surface area contributed by atoms with E-state index in [1.165, 1.54) is 13.2 Å². The number of hydrogen-bond donors (Lipinski definition) is 2. The highest BCUT2D eigenvalue weighted by molar-refractivity contribution is 6.33. The van der Waals surface area contributed by atoms with E-state index in [1.807, 2.05) is 0 Å². The first kappa shape index (κ1) is 19.8. The number of carbonyl (C=O) groups is 1. The van der Waals surface area contributed by atoms with Crippen LogP contribution in [-0.2, 0) is 0 Å². The average Bonchev–Trinajstić information content (AvgIpc) is 2.45. The molecule has 0 saturated heterocycles. The topological polar surface area (TPSA) is 67.6 Å².